The summed E-state index contributed by atoms with van der Waals surface area (Å²) in [6.45, 7) is 1.43. The van der Waals surface area contributed by atoms with E-state index in [4.69, 9.17) is 4.74 Å². The normalized spacial score (nSPS) is 16.5. The van der Waals surface area contributed by atoms with Crippen LogP contribution in [0.2, 0.25) is 0 Å². The third kappa shape index (κ3) is 4.27. The maximum absolute atomic E-state index is 13.1. The van der Waals surface area contributed by atoms with E-state index in [9.17, 15) is 4.79 Å². The minimum absolute atomic E-state index is 0.0142. The minimum Gasteiger partial charge on any atom is -0.359 e. The molecule has 0 bridgehead atoms. The summed E-state index contributed by atoms with van der Waals surface area (Å²) in [4.78, 5) is 15.0. The van der Waals surface area contributed by atoms with E-state index in [1.54, 1.807) is 0 Å². The molecule has 5 rings (SSSR count). The van der Waals surface area contributed by atoms with Crippen molar-refractivity contribution in [1.29, 1.82) is 0 Å². The standard InChI is InChI=1S/C26H26N4O2/c31-24(19-32-25(20-10-3-1-4-11-20)21-12-5-2-6-13-21)29-16-9-14-22(18-29)26-28-27-23-15-7-8-17-30(23)26/h1-8,10-13,15,17,22,25H,9,14,16,18-19H2. The van der Waals surface area contributed by atoms with E-state index < -0.39 is 0 Å². The molecule has 0 N–H and O–H groups in total. The van der Waals surface area contributed by atoms with Gasteiger partial charge >= 0.3 is 0 Å². The van der Waals surface area contributed by atoms with Crippen LogP contribution in [0.3, 0.4) is 0 Å². The molecule has 6 nitrogen and oxygen atoms in total. The minimum atomic E-state index is -0.276. The fraction of sp³-hybridized carbons (Fsp3) is 0.269. The zero-order chi connectivity index (χ0) is 21.8. The number of hydrogen-bond donors (Lipinski definition) is 0. The molecular weight excluding hydrogens is 400 g/mol. The van der Waals surface area contributed by atoms with Crippen LogP contribution in [-0.4, -0.2) is 45.1 Å². The van der Waals surface area contributed by atoms with E-state index in [2.05, 4.69) is 10.2 Å². The Morgan fingerprint density at radius 2 is 1.62 bits per heavy atom. The maximum atomic E-state index is 13.1. The Morgan fingerprint density at radius 3 is 2.34 bits per heavy atom. The Balaban J connectivity index is 1.28. The SMILES string of the molecule is O=C(COC(c1ccccc1)c1ccccc1)N1CCCC(c2nnc3ccccn23)C1. The number of carbonyl (C=O) groups excluding carboxylic acids is 1. The van der Waals surface area contributed by atoms with E-state index in [0.717, 1.165) is 42.0 Å². The average molecular weight is 427 g/mol. The van der Waals surface area contributed by atoms with E-state index in [0.29, 0.717) is 6.54 Å². The zero-order valence-corrected chi connectivity index (χ0v) is 17.9. The predicted molar refractivity (Wildman–Crippen MR) is 122 cm³/mol. The van der Waals surface area contributed by atoms with Gasteiger partial charge in [0.15, 0.2) is 5.65 Å². The van der Waals surface area contributed by atoms with Gasteiger partial charge in [-0.2, -0.15) is 0 Å². The molecule has 1 fully saturated rings. The third-order valence-corrected chi connectivity index (χ3v) is 6.06. The smallest absolute Gasteiger partial charge is 0.248 e. The van der Waals surface area contributed by atoms with Gasteiger partial charge in [0.2, 0.25) is 5.91 Å². The number of piperidine rings is 1. The largest absolute Gasteiger partial charge is 0.359 e. The van der Waals surface area contributed by atoms with Gasteiger partial charge in [-0.05, 0) is 36.1 Å². The van der Waals surface area contributed by atoms with Gasteiger partial charge in [0.25, 0.3) is 0 Å². The molecule has 1 unspecified atom stereocenters. The van der Waals surface area contributed by atoms with Crippen molar-refractivity contribution in [3.63, 3.8) is 0 Å². The first-order valence-corrected chi connectivity index (χ1v) is 11.1. The highest BCUT2D eigenvalue weighted by molar-refractivity contribution is 5.77. The molecule has 0 spiro atoms. The third-order valence-electron chi connectivity index (χ3n) is 6.06. The number of fused-ring (bicyclic) bond motifs is 1. The van der Waals surface area contributed by atoms with Crippen molar-refractivity contribution in [1.82, 2.24) is 19.5 Å². The van der Waals surface area contributed by atoms with Crippen molar-refractivity contribution >= 4 is 11.6 Å². The molecule has 6 heteroatoms. The van der Waals surface area contributed by atoms with E-state index >= 15 is 0 Å². The fourth-order valence-electron chi connectivity index (χ4n) is 4.44. The van der Waals surface area contributed by atoms with Crippen LogP contribution in [-0.2, 0) is 9.53 Å². The number of carbonyl (C=O) groups is 1. The Morgan fingerprint density at radius 1 is 0.938 bits per heavy atom. The first kappa shape index (κ1) is 20.4. The lowest BCUT2D eigenvalue weighted by molar-refractivity contribution is -0.138. The molecule has 1 aliphatic rings. The Kier molecular flexibility index (Phi) is 5.94. The van der Waals surface area contributed by atoms with Crippen LogP contribution in [0.5, 0.6) is 0 Å². The van der Waals surface area contributed by atoms with E-state index in [1.165, 1.54) is 0 Å². The lowest BCUT2D eigenvalue weighted by Crippen LogP contribution is -2.41. The molecule has 162 valence electrons. The summed E-state index contributed by atoms with van der Waals surface area (Å²) in [5.41, 5.74) is 2.92. The van der Waals surface area contributed by atoms with E-state index in [-0.39, 0.29) is 24.5 Å². The number of likely N-dealkylation sites (tertiary alicyclic amines) is 1. The molecule has 3 heterocycles. The molecule has 1 aliphatic heterocycles. The average Bonchev–Trinajstić information content (AvgIpc) is 3.30. The topological polar surface area (TPSA) is 59.7 Å². The van der Waals surface area contributed by atoms with Crippen LogP contribution in [0.15, 0.2) is 85.1 Å². The molecule has 1 amide bonds. The van der Waals surface area contributed by atoms with Crippen molar-refractivity contribution in [3.8, 4) is 0 Å². The van der Waals surface area contributed by atoms with Gasteiger partial charge in [0.05, 0.1) is 0 Å². The van der Waals surface area contributed by atoms with Gasteiger partial charge in [-0.1, -0.05) is 66.7 Å². The summed E-state index contributed by atoms with van der Waals surface area (Å²) in [5, 5.41) is 8.69. The van der Waals surface area contributed by atoms with Crippen molar-refractivity contribution in [3.05, 3.63) is 102 Å². The predicted octanol–water partition coefficient (Wildman–Crippen LogP) is 4.24. The van der Waals surface area contributed by atoms with Gasteiger partial charge < -0.3 is 9.64 Å². The van der Waals surface area contributed by atoms with Gasteiger partial charge in [-0.3, -0.25) is 9.20 Å². The highest BCUT2D eigenvalue weighted by atomic mass is 16.5. The Bertz CT molecular complexity index is 1140. The van der Waals surface area contributed by atoms with Crippen LogP contribution in [0.4, 0.5) is 0 Å². The molecule has 2 aromatic heterocycles. The number of rotatable bonds is 6. The summed E-state index contributed by atoms with van der Waals surface area (Å²) in [5.74, 6) is 1.11. The number of ether oxygens (including phenoxy) is 1. The van der Waals surface area contributed by atoms with Crippen LogP contribution in [0, 0.1) is 0 Å². The second-order valence-electron chi connectivity index (χ2n) is 8.18. The number of nitrogens with zero attached hydrogens (tertiary/aromatic N) is 4. The Labute approximate surface area is 187 Å². The summed E-state index contributed by atoms with van der Waals surface area (Å²) in [6.07, 6.45) is 3.65. The highest BCUT2D eigenvalue weighted by Crippen LogP contribution is 2.28. The number of amides is 1. The lowest BCUT2D eigenvalue weighted by atomic mass is 9.97. The van der Waals surface area contributed by atoms with Gasteiger partial charge in [-0.15, -0.1) is 10.2 Å². The quantitative estimate of drug-likeness (QED) is 0.463. The molecule has 32 heavy (non-hydrogen) atoms. The fourth-order valence-corrected chi connectivity index (χ4v) is 4.44. The molecule has 0 saturated carbocycles. The van der Waals surface area contributed by atoms with Crippen molar-refractivity contribution in [2.45, 2.75) is 24.9 Å². The lowest BCUT2D eigenvalue weighted by Gasteiger charge is -2.32. The second kappa shape index (κ2) is 9.32. The van der Waals surface area contributed by atoms with Crippen molar-refractivity contribution < 1.29 is 9.53 Å². The molecule has 2 aromatic carbocycles. The van der Waals surface area contributed by atoms with E-state index in [1.807, 2.05) is 94.4 Å². The van der Waals surface area contributed by atoms with Crippen LogP contribution >= 0.6 is 0 Å². The molecule has 1 atom stereocenters. The number of benzene rings is 2. The second-order valence-corrected chi connectivity index (χ2v) is 8.18. The Hall–Kier alpha value is -3.51. The molecule has 4 aromatic rings. The van der Waals surface area contributed by atoms with Gasteiger partial charge in [0.1, 0.15) is 18.5 Å². The highest BCUT2D eigenvalue weighted by Gasteiger charge is 2.28. The molecule has 1 saturated heterocycles. The number of hydrogen-bond acceptors (Lipinski definition) is 4. The van der Waals surface area contributed by atoms with Gasteiger partial charge in [-0.25, -0.2) is 0 Å². The van der Waals surface area contributed by atoms with Crippen molar-refractivity contribution in [2.75, 3.05) is 19.7 Å². The number of pyridine rings is 1. The summed E-state index contributed by atoms with van der Waals surface area (Å²) in [7, 11) is 0. The summed E-state index contributed by atoms with van der Waals surface area (Å²) < 4.78 is 8.22. The molecule has 0 radical (unpaired) electrons. The van der Waals surface area contributed by atoms with Crippen LogP contribution < -0.4 is 0 Å². The zero-order valence-electron chi connectivity index (χ0n) is 17.9. The van der Waals surface area contributed by atoms with Crippen molar-refractivity contribution in [2.24, 2.45) is 0 Å². The van der Waals surface area contributed by atoms with Crippen LogP contribution in [0.1, 0.15) is 41.8 Å². The van der Waals surface area contributed by atoms with Gasteiger partial charge in [0, 0.05) is 25.2 Å². The molecule has 0 aliphatic carbocycles. The molecular formula is C26H26N4O2. The summed E-state index contributed by atoms with van der Waals surface area (Å²) >= 11 is 0. The first-order valence-electron chi connectivity index (χ1n) is 11.1. The van der Waals surface area contributed by atoms with Crippen LogP contribution in [0.25, 0.3) is 5.65 Å². The number of aromatic nitrogens is 3. The summed E-state index contributed by atoms with van der Waals surface area (Å²) in [6, 6.07) is 26.0. The maximum Gasteiger partial charge on any atom is 0.248 e. The first-order chi connectivity index (χ1) is 15.8. The monoisotopic (exact) mass is 426 g/mol.